The zero-order chi connectivity index (χ0) is 16.3. The average molecular weight is 318 g/mol. The molecule has 3 nitrogen and oxygen atoms in total. The lowest BCUT2D eigenvalue weighted by atomic mass is 9.46. The molecule has 4 aliphatic rings. The van der Waals surface area contributed by atoms with E-state index in [0.29, 0.717) is 23.4 Å². The molecule has 4 fully saturated rings. The fraction of sp³-hybridized carbons (Fsp3) is 0.850. The van der Waals surface area contributed by atoms with E-state index in [-0.39, 0.29) is 11.6 Å². The van der Waals surface area contributed by atoms with Crippen LogP contribution in [0, 0.1) is 22.7 Å². The van der Waals surface area contributed by atoms with Gasteiger partial charge in [0.2, 0.25) is 0 Å². The quantitative estimate of drug-likeness (QED) is 0.434. The van der Waals surface area contributed by atoms with Gasteiger partial charge in [0, 0.05) is 12.0 Å². The molecule has 0 N–H and O–H groups in total. The standard InChI is InChI=1S/C20H30O3/c1-18(2)9-4-10-19(3)15(18)7-11-20(13-23-20)16(19)6-5-14-8-12-22-17(14)21/h5,15-16H,4,6-13H2,1-3H3/b14-5+/t15-,16-,19+,20+/m1/s1. The number of hydrogen-bond donors (Lipinski definition) is 0. The SMILES string of the molecule is CC1(C)CCC[C@@]2(C)[C@@H]1CC[C@]1(CO1)[C@@H]2C/C=C1\CCOC1=O. The first-order valence-corrected chi connectivity index (χ1v) is 9.38. The Balaban J connectivity index is 1.63. The normalized spacial score (nSPS) is 46.7. The van der Waals surface area contributed by atoms with Crippen molar-refractivity contribution in [1.29, 1.82) is 0 Å². The summed E-state index contributed by atoms with van der Waals surface area (Å²) in [5.74, 6) is 1.23. The lowest BCUT2D eigenvalue weighted by Crippen LogP contribution is -2.54. The summed E-state index contributed by atoms with van der Waals surface area (Å²) in [5, 5.41) is 0. The van der Waals surface area contributed by atoms with E-state index in [0.717, 1.165) is 30.9 Å². The molecule has 2 saturated heterocycles. The summed E-state index contributed by atoms with van der Waals surface area (Å²) in [4.78, 5) is 11.8. The topological polar surface area (TPSA) is 38.8 Å². The highest BCUT2D eigenvalue weighted by atomic mass is 16.6. The molecule has 0 aromatic carbocycles. The van der Waals surface area contributed by atoms with Crippen LogP contribution in [0.15, 0.2) is 11.6 Å². The van der Waals surface area contributed by atoms with Gasteiger partial charge in [-0.1, -0.05) is 33.3 Å². The summed E-state index contributed by atoms with van der Waals surface area (Å²) in [6.45, 7) is 8.92. The van der Waals surface area contributed by atoms with Crippen molar-refractivity contribution in [3.8, 4) is 0 Å². The molecule has 0 bridgehead atoms. The lowest BCUT2D eigenvalue weighted by Gasteiger charge is -2.59. The molecule has 0 aromatic heterocycles. The van der Waals surface area contributed by atoms with Crippen molar-refractivity contribution in [2.24, 2.45) is 22.7 Å². The predicted molar refractivity (Wildman–Crippen MR) is 88.9 cm³/mol. The molecule has 0 unspecified atom stereocenters. The van der Waals surface area contributed by atoms with Gasteiger partial charge in [0.1, 0.15) is 0 Å². The van der Waals surface area contributed by atoms with Crippen molar-refractivity contribution < 1.29 is 14.3 Å². The highest BCUT2D eigenvalue weighted by molar-refractivity contribution is 5.90. The zero-order valence-electron chi connectivity index (χ0n) is 14.8. The second-order valence-corrected chi connectivity index (χ2v) is 9.20. The predicted octanol–water partition coefficient (Wildman–Crippen LogP) is 4.26. The van der Waals surface area contributed by atoms with Crippen LogP contribution >= 0.6 is 0 Å². The van der Waals surface area contributed by atoms with Crippen LogP contribution in [0.25, 0.3) is 0 Å². The van der Waals surface area contributed by atoms with E-state index >= 15 is 0 Å². The Hall–Kier alpha value is -0.830. The summed E-state index contributed by atoms with van der Waals surface area (Å²) < 4.78 is 11.1. The molecule has 3 heteroatoms. The summed E-state index contributed by atoms with van der Waals surface area (Å²) >= 11 is 0. The zero-order valence-corrected chi connectivity index (χ0v) is 14.8. The van der Waals surface area contributed by atoms with E-state index in [2.05, 4.69) is 26.8 Å². The first-order valence-electron chi connectivity index (χ1n) is 9.38. The Bertz CT molecular complexity index is 543. The third-order valence-corrected chi connectivity index (χ3v) is 7.55. The van der Waals surface area contributed by atoms with E-state index in [1.54, 1.807) is 0 Å². The Morgan fingerprint density at radius 2 is 2.00 bits per heavy atom. The Morgan fingerprint density at radius 3 is 2.65 bits per heavy atom. The molecule has 4 atom stereocenters. The van der Waals surface area contributed by atoms with E-state index in [9.17, 15) is 4.79 Å². The van der Waals surface area contributed by atoms with Gasteiger partial charge >= 0.3 is 5.97 Å². The minimum absolute atomic E-state index is 0.0998. The molecular weight excluding hydrogens is 288 g/mol. The van der Waals surface area contributed by atoms with E-state index < -0.39 is 0 Å². The van der Waals surface area contributed by atoms with Crippen molar-refractivity contribution in [2.75, 3.05) is 13.2 Å². The third-order valence-electron chi connectivity index (χ3n) is 7.55. The number of epoxide rings is 1. The molecule has 2 saturated carbocycles. The fourth-order valence-corrected chi connectivity index (χ4v) is 6.28. The van der Waals surface area contributed by atoms with Gasteiger partial charge < -0.3 is 9.47 Å². The first kappa shape index (κ1) is 15.7. The van der Waals surface area contributed by atoms with Gasteiger partial charge in [-0.3, -0.25) is 0 Å². The maximum Gasteiger partial charge on any atom is 0.333 e. The summed E-state index contributed by atoms with van der Waals surface area (Å²) in [6, 6.07) is 0. The molecular formula is C20H30O3. The minimum atomic E-state index is -0.0998. The monoisotopic (exact) mass is 318 g/mol. The van der Waals surface area contributed by atoms with Crippen molar-refractivity contribution in [1.82, 2.24) is 0 Å². The summed E-state index contributed by atoms with van der Waals surface area (Å²) in [7, 11) is 0. The van der Waals surface area contributed by atoms with Crippen molar-refractivity contribution in [3.63, 3.8) is 0 Å². The van der Waals surface area contributed by atoms with E-state index in [1.807, 2.05) is 0 Å². The van der Waals surface area contributed by atoms with Crippen LogP contribution in [-0.4, -0.2) is 24.8 Å². The number of rotatable bonds is 2. The van der Waals surface area contributed by atoms with Gasteiger partial charge in [0.15, 0.2) is 0 Å². The van der Waals surface area contributed by atoms with Crippen LogP contribution < -0.4 is 0 Å². The number of esters is 1. The van der Waals surface area contributed by atoms with Crippen molar-refractivity contribution in [2.45, 2.75) is 71.3 Å². The number of cyclic esters (lactones) is 1. The second-order valence-electron chi connectivity index (χ2n) is 9.20. The maximum atomic E-state index is 11.8. The Labute approximate surface area is 139 Å². The van der Waals surface area contributed by atoms with Crippen molar-refractivity contribution in [3.05, 3.63) is 11.6 Å². The van der Waals surface area contributed by atoms with Crippen LogP contribution in [-0.2, 0) is 14.3 Å². The van der Waals surface area contributed by atoms with Crippen LogP contribution in [0.2, 0.25) is 0 Å². The Kier molecular flexibility index (Phi) is 3.46. The van der Waals surface area contributed by atoms with Crippen LogP contribution in [0.4, 0.5) is 0 Å². The molecule has 23 heavy (non-hydrogen) atoms. The number of hydrogen-bond acceptors (Lipinski definition) is 3. The number of carbonyl (C=O) groups is 1. The maximum absolute atomic E-state index is 11.8. The Morgan fingerprint density at radius 1 is 1.22 bits per heavy atom. The smallest absolute Gasteiger partial charge is 0.333 e. The number of fused-ring (bicyclic) bond motifs is 1. The molecule has 4 rings (SSSR count). The average Bonchev–Trinajstić information content (AvgIpc) is 3.12. The number of carbonyl (C=O) groups excluding carboxylic acids is 1. The largest absolute Gasteiger partial charge is 0.462 e. The number of allylic oxidation sites excluding steroid dienone is 1. The molecule has 0 radical (unpaired) electrons. The van der Waals surface area contributed by atoms with Gasteiger partial charge in [-0.2, -0.15) is 0 Å². The third kappa shape index (κ3) is 2.38. The molecule has 1 spiro atoms. The second kappa shape index (κ2) is 5.08. The fourth-order valence-electron chi connectivity index (χ4n) is 6.28. The van der Waals surface area contributed by atoms with Gasteiger partial charge in [-0.05, 0) is 54.8 Å². The number of ether oxygens (including phenoxy) is 2. The molecule has 128 valence electrons. The van der Waals surface area contributed by atoms with Gasteiger partial charge in [0.25, 0.3) is 0 Å². The van der Waals surface area contributed by atoms with Gasteiger partial charge in [-0.15, -0.1) is 0 Å². The van der Waals surface area contributed by atoms with Gasteiger partial charge in [-0.25, -0.2) is 4.79 Å². The highest BCUT2D eigenvalue weighted by Gasteiger charge is 2.64. The molecule has 0 amide bonds. The van der Waals surface area contributed by atoms with Gasteiger partial charge in [0.05, 0.1) is 18.8 Å². The molecule has 2 heterocycles. The lowest BCUT2D eigenvalue weighted by molar-refractivity contribution is -0.135. The van der Waals surface area contributed by atoms with Crippen LogP contribution in [0.5, 0.6) is 0 Å². The molecule has 2 aliphatic carbocycles. The van der Waals surface area contributed by atoms with E-state index in [1.165, 1.54) is 32.1 Å². The summed E-state index contributed by atoms with van der Waals surface area (Å²) in [6.07, 6.45) is 10.4. The highest BCUT2D eigenvalue weighted by Crippen LogP contribution is 2.66. The molecule has 2 aliphatic heterocycles. The van der Waals surface area contributed by atoms with Crippen molar-refractivity contribution >= 4 is 5.97 Å². The first-order chi connectivity index (χ1) is 10.9. The summed E-state index contributed by atoms with van der Waals surface area (Å²) in [5.41, 5.74) is 1.77. The molecule has 0 aromatic rings. The van der Waals surface area contributed by atoms with E-state index in [4.69, 9.17) is 9.47 Å². The van der Waals surface area contributed by atoms with Crippen LogP contribution in [0.1, 0.15) is 65.7 Å². The van der Waals surface area contributed by atoms with Crippen LogP contribution in [0.3, 0.4) is 0 Å². The minimum Gasteiger partial charge on any atom is -0.462 e.